The van der Waals surface area contributed by atoms with Gasteiger partial charge in [0, 0.05) is 12.3 Å². The molecule has 0 aromatic heterocycles. The third-order valence-corrected chi connectivity index (χ3v) is 4.46. The third-order valence-electron chi connectivity index (χ3n) is 3.72. The fourth-order valence-corrected chi connectivity index (χ4v) is 3.01. The standard InChI is InChI=1S/C16H12Cl2O2/c17-13-6-5-9(7-14(13)18)12-8-15(19)16(20)11-4-2-1-3-10(11)12/h1-7,12,16,20H,8H2/t12-,16?/m0/s1. The zero-order valence-corrected chi connectivity index (χ0v) is 12.0. The molecule has 2 atom stereocenters. The SMILES string of the molecule is O=C1C[C@@H](c2ccc(Cl)c(Cl)c2)c2ccccc2C1O. The number of aliphatic hydroxyl groups is 1. The third kappa shape index (κ3) is 2.24. The molecule has 0 heterocycles. The quantitative estimate of drug-likeness (QED) is 0.860. The Kier molecular flexibility index (Phi) is 3.55. The Bertz CT molecular complexity index is 682. The van der Waals surface area contributed by atoms with E-state index < -0.39 is 6.10 Å². The van der Waals surface area contributed by atoms with Crippen LogP contribution in [0.15, 0.2) is 42.5 Å². The lowest BCUT2D eigenvalue weighted by Crippen LogP contribution is -2.24. The molecule has 0 aliphatic heterocycles. The van der Waals surface area contributed by atoms with Crippen LogP contribution >= 0.6 is 23.2 Å². The summed E-state index contributed by atoms with van der Waals surface area (Å²) in [6.45, 7) is 0. The van der Waals surface area contributed by atoms with E-state index in [1.54, 1.807) is 18.2 Å². The minimum absolute atomic E-state index is 0.0862. The van der Waals surface area contributed by atoms with Crippen molar-refractivity contribution in [2.24, 2.45) is 0 Å². The van der Waals surface area contributed by atoms with Gasteiger partial charge in [0.1, 0.15) is 6.10 Å². The number of fused-ring (bicyclic) bond motifs is 1. The van der Waals surface area contributed by atoms with Gasteiger partial charge in [-0.3, -0.25) is 4.79 Å². The van der Waals surface area contributed by atoms with Crippen LogP contribution < -0.4 is 0 Å². The molecule has 1 N–H and O–H groups in total. The largest absolute Gasteiger partial charge is 0.381 e. The number of carbonyl (C=O) groups excluding carboxylic acids is 1. The number of aliphatic hydroxyl groups excluding tert-OH is 1. The first kappa shape index (κ1) is 13.6. The Balaban J connectivity index is 2.12. The lowest BCUT2D eigenvalue weighted by Gasteiger charge is -2.28. The van der Waals surface area contributed by atoms with Crippen molar-refractivity contribution >= 4 is 29.0 Å². The van der Waals surface area contributed by atoms with E-state index in [-0.39, 0.29) is 18.1 Å². The topological polar surface area (TPSA) is 37.3 Å². The van der Waals surface area contributed by atoms with Gasteiger partial charge in [-0.1, -0.05) is 53.5 Å². The fraction of sp³-hybridized carbons (Fsp3) is 0.188. The summed E-state index contributed by atoms with van der Waals surface area (Å²) in [6, 6.07) is 12.9. The number of benzene rings is 2. The molecule has 2 aromatic rings. The smallest absolute Gasteiger partial charge is 0.166 e. The van der Waals surface area contributed by atoms with E-state index in [9.17, 15) is 9.90 Å². The highest BCUT2D eigenvalue weighted by Crippen LogP contribution is 2.40. The zero-order valence-electron chi connectivity index (χ0n) is 10.5. The molecule has 0 amide bonds. The summed E-state index contributed by atoms with van der Waals surface area (Å²) in [5.41, 5.74) is 2.59. The molecule has 1 aliphatic carbocycles. The van der Waals surface area contributed by atoms with Gasteiger partial charge in [0.05, 0.1) is 10.0 Å². The molecular weight excluding hydrogens is 295 g/mol. The molecule has 3 rings (SSSR count). The predicted octanol–water partition coefficient (Wildman–Crippen LogP) is 4.13. The van der Waals surface area contributed by atoms with Gasteiger partial charge in [0.2, 0.25) is 0 Å². The molecule has 0 saturated heterocycles. The summed E-state index contributed by atoms with van der Waals surface area (Å²) in [7, 11) is 0. The summed E-state index contributed by atoms with van der Waals surface area (Å²) < 4.78 is 0. The molecule has 2 nitrogen and oxygen atoms in total. The normalized spacial score (nSPS) is 21.6. The van der Waals surface area contributed by atoms with Gasteiger partial charge in [-0.2, -0.15) is 0 Å². The Hall–Kier alpha value is -1.35. The average Bonchev–Trinajstić information content (AvgIpc) is 2.46. The molecule has 0 radical (unpaired) electrons. The Morgan fingerprint density at radius 3 is 2.40 bits per heavy atom. The predicted molar refractivity (Wildman–Crippen MR) is 79.3 cm³/mol. The Labute approximate surface area is 127 Å². The highest BCUT2D eigenvalue weighted by atomic mass is 35.5. The molecule has 0 saturated carbocycles. The summed E-state index contributed by atoms with van der Waals surface area (Å²) in [5, 5.41) is 11.0. The molecule has 1 unspecified atom stereocenters. The summed E-state index contributed by atoms with van der Waals surface area (Å²) in [6.07, 6.45) is -0.749. The number of ketones is 1. The number of rotatable bonds is 1. The van der Waals surface area contributed by atoms with Crippen molar-refractivity contribution in [2.45, 2.75) is 18.4 Å². The molecule has 20 heavy (non-hydrogen) atoms. The number of hydrogen-bond acceptors (Lipinski definition) is 2. The Morgan fingerprint density at radius 2 is 1.70 bits per heavy atom. The first-order valence-corrected chi connectivity index (χ1v) is 7.08. The van der Waals surface area contributed by atoms with Crippen LogP contribution in [0.1, 0.15) is 35.1 Å². The van der Waals surface area contributed by atoms with Crippen molar-refractivity contribution in [3.05, 3.63) is 69.2 Å². The highest BCUT2D eigenvalue weighted by molar-refractivity contribution is 6.42. The molecule has 4 heteroatoms. The first-order valence-electron chi connectivity index (χ1n) is 6.32. The van der Waals surface area contributed by atoms with Crippen LogP contribution in [0.2, 0.25) is 10.0 Å². The second-order valence-corrected chi connectivity index (χ2v) is 5.74. The molecule has 102 valence electrons. The van der Waals surface area contributed by atoms with Crippen molar-refractivity contribution in [1.29, 1.82) is 0 Å². The van der Waals surface area contributed by atoms with Crippen LogP contribution in [-0.4, -0.2) is 10.9 Å². The van der Waals surface area contributed by atoms with E-state index >= 15 is 0 Å². The van der Waals surface area contributed by atoms with Crippen LogP contribution in [0.5, 0.6) is 0 Å². The number of hydrogen-bond donors (Lipinski definition) is 1. The van der Waals surface area contributed by atoms with Crippen LogP contribution in [0.25, 0.3) is 0 Å². The van der Waals surface area contributed by atoms with Crippen molar-refractivity contribution in [3.8, 4) is 0 Å². The minimum Gasteiger partial charge on any atom is -0.381 e. The summed E-state index contributed by atoms with van der Waals surface area (Å²) >= 11 is 12.0. The van der Waals surface area contributed by atoms with E-state index in [0.29, 0.717) is 15.6 Å². The van der Waals surface area contributed by atoms with Gasteiger partial charge >= 0.3 is 0 Å². The fourth-order valence-electron chi connectivity index (χ4n) is 2.70. The number of Topliss-reactive ketones (excluding diaryl/α,β-unsaturated/α-hetero) is 1. The van der Waals surface area contributed by atoms with Gasteiger partial charge in [-0.25, -0.2) is 0 Å². The average molecular weight is 307 g/mol. The van der Waals surface area contributed by atoms with Gasteiger partial charge in [-0.15, -0.1) is 0 Å². The molecule has 0 spiro atoms. The van der Waals surface area contributed by atoms with Crippen molar-refractivity contribution in [3.63, 3.8) is 0 Å². The molecular formula is C16H12Cl2O2. The molecule has 2 aromatic carbocycles. The van der Waals surface area contributed by atoms with E-state index in [2.05, 4.69) is 0 Å². The van der Waals surface area contributed by atoms with Crippen LogP contribution in [0.3, 0.4) is 0 Å². The highest BCUT2D eigenvalue weighted by Gasteiger charge is 2.32. The first-order chi connectivity index (χ1) is 9.58. The zero-order chi connectivity index (χ0) is 14.3. The van der Waals surface area contributed by atoms with Crippen LogP contribution in [0.4, 0.5) is 0 Å². The van der Waals surface area contributed by atoms with Crippen LogP contribution in [-0.2, 0) is 4.79 Å². The molecule has 0 fully saturated rings. The van der Waals surface area contributed by atoms with Gasteiger partial charge < -0.3 is 5.11 Å². The van der Waals surface area contributed by atoms with E-state index in [1.165, 1.54) is 0 Å². The monoisotopic (exact) mass is 306 g/mol. The lowest BCUT2D eigenvalue weighted by molar-refractivity contribution is -0.128. The second kappa shape index (κ2) is 5.21. The van der Waals surface area contributed by atoms with Gasteiger partial charge in [0.25, 0.3) is 0 Å². The van der Waals surface area contributed by atoms with E-state index in [4.69, 9.17) is 23.2 Å². The van der Waals surface area contributed by atoms with Crippen molar-refractivity contribution in [2.75, 3.05) is 0 Å². The van der Waals surface area contributed by atoms with E-state index in [0.717, 1.165) is 11.1 Å². The molecule has 1 aliphatic rings. The minimum atomic E-state index is -1.02. The van der Waals surface area contributed by atoms with Crippen LogP contribution in [0, 0.1) is 0 Å². The summed E-state index contributed by atoms with van der Waals surface area (Å²) in [5.74, 6) is -0.253. The Morgan fingerprint density at radius 1 is 1.00 bits per heavy atom. The second-order valence-electron chi connectivity index (χ2n) is 4.93. The molecule has 0 bridgehead atoms. The maximum atomic E-state index is 12.0. The number of carbonyl (C=O) groups is 1. The maximum Gasteiger partial charge on any atom is 0.166 e. The van der Waals surface area contributed by atoms with Gasteiger partial charge in [0.15, 0.2) is 5.78 Å². The van der Waals surface area contributed by atoms with Crippen molar-refractivity contribution in [1.82, 2.24) is 0 Å². The summed E-state index contributed by atoms with van der Waals surface area (Å²) in [4.78, 5) is 12.0. The maximum absolute atomic E-state index is 12.0. The van der Waals surface area contributed by atoms with E-state index in [1.807, 2.05) is 24.3 Å². The number of halogens is 2. The van der Waals surface area contributed by atoms with Crippen molar-refractivity contribution < 1.29 is 9.90 Å². The van der Waals surface area contributed by atoms with Gasteiger partial charge in [-0.05, 0) is 28.8 Å². The lowest BCUT2D eigenvalue weighted by atomic mass is 9.77.